The third-order valence-electron chi connectivity index (χ3n) is 8.58. The van der Waals surface area contributed by atoms with E-state index in [-0.39, 0.29) is 32.0 Å². The predicted molar refractivity (Wildman–Crippen MR) is 138 cm³/mol. The van der Waals surface area contributed by atoms with E-state index in [1.165, 1.54) is 0 Å². The summed E-state index contributed by atoms with van der Waals surface area (Å²) in [5.74, 6) is -0.146. The Morgan fingerprint density at radius 1 is 0.585 bits per heavy atom. The fraction of sp³-hybridized carbons (Fsp3) is 1.00. The summed E-state index contributed by atoms with van der Waals surface area (Å²) in [6, 6.07) is 0. The van der Waals surface area contributed by atoms with Crippen LogP contribution in [-0.4, -0.2) is 153 Å². The van der Waals surface area contributed by atoms with Gasteiger partial charge in [-0.2, -0.15) is 0 Å². The van der Waals surface area contributed by atoms with Crippen molar-refractivity contribution in [3.8, 4) is 0 Å². The molecule has 4 rings (SSSR count). The maximum Gasteiger partial charge on any atom is 0.161 e. The van der Waals surface area contributed by atoms with E-state index in [0.29, 0.717) is 32.1 Å². The average molecular weight is 597 g/mol. The highest BCUT2D eigenvalue weighted by Gasteiger charge is 2.49. The standard InChI is InChI=1S/C27H48O14/c1-2-19-26(27(25(35)21(12-31)39-19)38-15-4-13(9-28)3-14(32)5-15)41-22-7-16(6-17(10-29)37-22)36-23-8-18(33)24(34)20(11-30)40-23/h13-35H,2-12H2,1H3/t13-,14+,15-,16+,17+,18-,19+,20-,21-,22+,23-,24+,25-,26+,27+/m1/s1. The lowest BCUT2D eigenvalue weighted by molar-refractivity contribution is -0.327. The Labute approximate surface area is 239 Å². The molecule has 0 unspecified atom stereocenters. The van der Waals surface area contributed by atoms with Crippen LogP contribution in [-0.2, 0) is 28.4 Å². The first kappa shape index (κ1) is 33.3. The molecule has 4 fully saturated rings. The molecule has 14 heteroatoms. The number of hydrogen-bond donors (Lipinski definition) is 8. The first-order valence-electron chi connectivity index (χ1n) is 14.8. The Morgan fingerprint density at radius 3 is 1.93 bits per heavy atom. The van der Waals surface area contributed by atoms with Crippen LogP contribution in [0.3, 0.4) is 0 Å². The van der Waals surface area contributed by atoms with Crippen LogP contribution in [0.15, 0.2) is 0 Å². The zero-order valence-electron chi connectivity index (χ0n) is 23.5. The molecule has 0 bridgehead atoms. The van der Waals surface area contributed by atoms with Crippen LogP contribution in [0.2, 0.25) is 0 Å². The molecular formula is C27H48O14. The fourth-order valence-electron chi connectivity index (χ4n) is 6.42. The van der Waals surface area contributed by atoms with Gasteiger partial charge in [-0.15, -0.1) is 0 Å². The lowest BCUT2D eigenvalue weighted by Crippen LogP contribution is -2.62. The van der Waals surface area contributed by atoms with Crippen molar-refractivity contribution < 1.29 is 69.3 Å². The van der Waals surface area contributed by atoms with E-state index in [1.54, 1.807) is 0 Å². The summed E-state index contributed by atoms with van der Waals surface area (Å²) in [5, 5.41) is 80.6. The average Bonchev–Trinajstić information content (AvgIpc) is 2.96. The Hall–Kier alpha value is -0.560. The van der Waals surface area contributed by atoms with Crippen molar-refractivity contribution in [3.05, 3.63) is 0 Å². The Kier molecular flexibility index (Phi) is 12.6. The molecule has 3 aliphatic heterocycles. The first-order chi connectivity index (χ1) is 19.7. The predicted octanol–water partition coefficient (Wildman–Crippen LogP) is -2.48. The molecule has 15 atom stereocenters. The molecule has 0 aromatic carbocycles. The van der Waals surface area contributed by atoms with Gasteiger partial charge in [-0.05, 0) is 31.6 Å². The summed E-state index contributed by atoms with van der Waals surface area (Å²) in [7, 11) is 0. The Morgan fingerprint density at radius 2 is 1.27 bits per heavy atom. The van der Waals surface area contributed by atoms with E-state index in [2.05, 4.69) is 0 Å². The number of aliphatic hydroxyl groups excluding tert-OH is 8. The van der Waals surface area contributed by atoms with Gasteiger partial charge in [0.15, 0.2) is 12.6 Å². The van der Waals surface area contributed by atoms with E-state index in [4.69, 9.17) is 28.4 Å². The second-order valence-electron chi connectivity index (χ2n) is 11.7. The number of hydrogen-bond acceptors (Lipinski definition) is 14. The summed E-state index contributed by atoms with van der Waals surface area (Å²) in [4.78, 5) is 0. The SMILES string of the molecule is CC[C@@H]1O[C@H](CO)[C@@H](O)[C@H](O[C@H]2C[C@@H](O)C[C@@H](CO)C2)[C@H]1O[C@H]1C[C@@H](O[C@H]2C[C@@H](O)[C@H](O)[C@@H](CO)O2)C[C@@H](CO)O1. The maximum absolute atomic E-state index is 11.1. The molecule has 0 spiro atoms. The molecule has 3 saturated heterocycles. The van der Waals surface area contributed by atoms with Gasteiger partial charge in [0.25, 0.3) is 0 Å². The molecule has 1 aliphatic carbocycles. The normalized spacial score (nSPS) is 47.8. The highest BCUT2D eigenvalue weighted by Crippen LogP contribution is 2.36. The third-order valence-corrected chi connectivity index (χ3v) is 8.58. The molecule has 3 heterocycles. The first-order valence-corrected chi connectivity index (χ1v) is 14.8. The van der Waals surface area contributed by atoms with Gasteiger partial charge in [0.05, 0.1) is 56.4 Å². The summed E-state index contributed by atoms with van der Waals surface area (Å²) in [5.41, 5.74) is 0. The van der Waals surface area contributed by atoms with Crippen LogP contribution in [0.25, 0.3) is 0 Å². The molecule has 1 saturated carbocycles. The minimum Gasteiger partial charge on any atom is -0.396 e. The quantitative estimate of drug-likeness (QED) is 0.124. The molecule has 0 aromatic rings. The van der Waals surface area contributed by atoms with Crippen LogP contribution < -0.4 is 0 Å². The van der Waals surface area contributed by atoms with Crippen molar-refractivity contribution in [1.82, 2.24) is 0 Å². The second-order valence-corrected chi connectivity index (χ2v) is 11.7. The second kappa shape index (κ2) is 15.4. The number of rotatable bonds is 11. The topological polar surface area (TPSA) is 217 Å². The van der Waals surface area contributed by atoms with Crippen molar-refractivity contribution in [2.24, 2.45) is 5.92 Å². The van der Waals surface area contributed by atoms with E-state index < -0.39 is 99.0 Å². The zero-order valence-corrected chi connectivity index (χ0v) is 23.5. The lowest BCUT2D eigenvalue weighted by Gasteiger charge is -2.48. The molecule has 240 valence electrons. The number of ether oxygens (including phenoxy) is 6. The molecule has 0 aromatic heterocycles. The van der Waals surface area contributed by atoms with Crippen LogP contribution in [0, 0.1) is 5.92 Å². The monoisotopic (exact) mass is 596 g/mol. The lowest BCUT2D eigenvalue weighted by atomic mass is 9.85. The van der Waals surface area contributed by atoms with Gasteiger partial charge in [-0.1, -0.05) is 6.92 Å². The van der Waals surface area contributed by atoms with Crippen LogP contribution in [0.5, 0.6) is 0 Å². The van der Waals surface area contributed by atoms with Crippen molar-refractivity contribution in [1.29, 1.82) is 0 Å². The molecule has 41 heavy (non-hydrogen) atoms. The number of aliphatic hydroxyl groups is 8. The van der Waals surface area contributed by atoms with Crippen molar-refractivity contribution in [3.63, 3.8) is 0 Å². The third kappa shape index (κ3) is 8.34. The van der Waals surface area contributed by atoms with E-state index in [0.717, 1.165) is 0 Å². The molecule has 4 aliphatic rings. The molecule has 0 radical (unpaired) electrons. The highest BCUT2D eigenvalue weighted by atomic mass is 16.7. The van der Waals surface area contributed by atoms with Gasteiger partial charge in [-0.25, -0.2) is 0 Å². The highest BCUT2D eigenvalue weighted by molar-refractivity contribution is 4.96. The minimum atomic E-state index is -1.25. The summed E-state index contributed by atoms with van der Waals surface area (Å²) in [6.07, 6.45) is -9.78. The smallest absolute Gasteiger partial charge is 0.161 e. The Bertz CT molecular complexity index is 776. The van der Waals surface area contributed by atoms with Gasteiger partial charge in [0.1, 0.15) is 36.6 Å². The van der Waals surface area contributed by atoms with Crippen molar-refractivity contribution >= 4 is 0 Å². The molecule has 14 nitrogen and oxygen atoms in total. The van der Waals surface area contributed by atoms with Gasteiger partial charge in [0.2, 0.25) is 0 Å². The molecule has 8 N–H and O–H groups in total. The maximum atomic E-state index is 11.1. The van der Waals surface area contributed by atoms with E-state index >= 15 is 0 Å². The van der Waals surface area contributed by atoms with Crippen molar-refractivity contribution in [2.45, 2.75) is 138 Å². The summed E-state index contributed by atoms with van der Waals surface area (Å²) < 4.78 is 36.3. The zero-order chi connectivity index (χ0) is 29.7. The fourth-order valence-corrected chi connectivity index (χ4v) is 6.42. The molecular weight excluding hydrogens is 548 g/mol. The summed E-state index contributed by atoms with van der Waals surface area (Å²) in [6.45, 7) is 0.534. The minimum absolute atomic E-state index is 0.00849. The molecule has 0 amide bonds. The van der Waals surface area contributed by atoms with Gasteiger partial charge < -0.3 is 69.3 Å². The Balaban J connectivity index is 1.47. The van der Waals surface area contributed by atoms with E-state index in [1.807, 2.05) is 6.92 Å². The largest absolute Gasteiger partial charge is 0.396 e. The van der Waals surface area contributed by atoms with Crippen LogP contribution in [0.1, 0.15) is 51.9 Å². The van der Waals surface area contributed by atoms with Crippen LogP contribution >= 0.6 is 0 Å². The van der Waals surface area contributed by atoms with Crippen LogP contribution in [0.4, 0.5) is 0 Å². The summed E-state index contributed by atoms with van der Waals surface area (Å²) >= 11 is 0. The van der Waals surface area contributed by atoms with Crippen molar-refractivity contribution in [2.75, 3.05) is 26.4 Å². The van der Waals surface area contributed by atoms with Gasteiger partial charge >= 0.3 is 0 Å². The van der Waals surface area contributed by atoms with E-state index in [9.17, 15) is 40.9 Å². The van der Waals surface area contributed by atoms with Gasteiger partial charge in [-0.3, -0.25) is 0 Å². The van der Waals surface area contributed by atoms with Gasteiger partial charge in [0, 0.05) is 25.9 Å².